The minimum absolute atomic E-state index is 0.193. The number of carbonyl (C=O) groups is 1. The van der Waals surface area contributed by atoms with Crippen molar-refractivity contribution < 1.29 is 4.79 Å². The predicted molar refractivity (Wildman–Crippen MR) is 71.5 cm³/mol. The summed E-state index contributed by atoms with van der Waals surface area (Å²) in [6.07, 6.45) is 2.20. The molecule has 1 amide bonds. The SMILES string of the molecule is Cc1nc(CCNC(=O)c2ccc(N)cn2)cs1. The van der Waals surface area contributed by atoms with Crippen LogP contribution in [0.4, 0.5) is 5.69 Å². The lowest BCUT2D eigenvalue weighted by Gasteiger charge is -2.03. The van der Waals surface area contributed by atoms with Crippen molar-refractivity contribution in [2.45, 2.75) is 13.3 Å². The molecule has 3 N–H and O–H groups in total. The molecule has 0 unspecified atom stereocenters. The van der Waals surface area contributed by atoms with Gasteiger partial charge < -0.3 is 11.1 Å². The number of hydrogen-bond acceptors (Lipinski definition) is 5. The Labute approximate surface area is 109 Å². The molecule has 0 saturated heterocycles. The van der Waals surface area contributed by atoms with Gasteiger partial charge in [-0.15, -0.1) is 11.3 Å². The Hall–Kier alpha value is -1.95. The monoisotopic (exact) mass is 262 g/mol. The van der Waals surface area contributed by atoms with Crippen LogP contribution in [-0.4, -0.2) is 22.4 Å². The van der Waals surface area contributed by atoms with Crippen LogP contribution < -0.4 is 11.1 Å². The highest BCUT2D eigenvalue weighted by atomic mass is 32.1. The second-order valence-corrected chi connectivity index (χ2v) is 4.90. The summed E-state index contributed by atoms with van der Waals surface area (Å²) in [5, 5.41) is 5.84. The molecule has 0 radical (unpaired) electrons. The van der Waals surface area contributed by atoms with Crippen molar-refractivity contribution in [2.24, 2.45) is 0 Å². The lowest BCUT2D eigenvalue weighted by molar-refractivity contribution is 0.0949. The number of thiazole rings is 1. The molecule has 2 heterocycles. The fourth-order valence-corrected chi connectivity index (χ4v) is 2.10. The van der Waals surface area contributed by atoms with Gasteiger partial charge in [-0.05, 0) is 19.1 Å². The van der Waals surface area contributed by atoms with Crippen LogP contribution in [0.3, 0.4) is 0 Å². The third-order valence-electron chi connectivity index (χ3n) is 2.35. The van der Waals surface area contributed by atoms with Gasteiger partial charge in [-0.3, -0.25) is 4.79 Å². The Balaban J connectivity index is 1.83. The van der Waals surface area contributed by atoms with Crippen LogP contribution in [0, 0.1) is 6.92 Å². The summed E-state index contributed by atoms with van der Waals surface area (Å²) in [7, 11) is 0. The van der Waals surface area contributed by atoms with Crippen molar-refractivity contribution in [2.75, 3.05) is 12.3 Å². The van der Waals surface area contributed by atoms with Crippen LogP contribution >= 0.6 is 11.3 Å². The Morgan fingerprint density at radius 1 is 1.50 bits per heavy atom. The number of nitrogens with one attached hydrogen (secondary N) is 1. The van der Waals surface area contributed by atoms with Gasteiger partial charge in [-0.1, -0.05) is 0 Å². The normalized spacial score (nSPS) is 10.3. The smallest absolute Gasteiger partial charge is 0.269 e. The molecule has 2 aromatic heterocycles. The third kappa shape index (κ3) is 3.27. The number of rotatable bonds is 4. The molecule has 0 aromatic carbocycles. The van der Waals surface area contributed by atoms with Gasteiger partial charge in [0, 0.05) is 18.3 Å². The Bertz CT molecular complexity index is 535. The highest BCUT2D eigenvalue weighted by Gasteiger charge is 2.06. The third-order valence-corrected chi connectivity index (χ3v) is 3.17. The van der Waals surface area contributed by atoms with Crippen molar-refractivity contribution in [3.05, 3.63) is 40.1 Å². The van der Waals surface area contributed by atoms with E-state index in [1.54, 1.807) is 23.5 Å². The first kappa shape index (κ1) is 12.5. The number of carbonyl (C=O) groups excluding carboxylic acids is 1. The number of hydrogen-bond donors (Lipinski definition) is 2. The molecule has 6 heteroatoms. The maximum Gasteiger partial charge on any atom is 0.269 e. The van der Waals surface area contributed by atoms with Gasteiger partial charge >= 0.3 is 0 Å². The van der Waals surface area contributed by atoms with Crippen molar-refractivity contribution in [1.29, 1.82) is 0 Å². The summed E-state index contributed by atoms with van der Waals surface area (Å²) >= 11 is 1.61. The van der Waals surface area contributed by atoms with Gasteiger partial charge in [0.2, 0.25) is 0 Å². The number of anilines is 1. The maximum absolute atomic E-state index is 11.7. The van der Waals surface area contributed by atoms with E-state index >= 15 is 0 Å². The van der Waals surface area contributed by atoms with Gasteiger partial charge in [0.05, 0.1) is 22.6 Å². The second kappa shape index (κ2) is 5.59. The molecule has 18 heavy (non-hydrogen) atoms. The first-order valence-corrected chi connectivity index (χ1v) is 6.44. The minimum Gasteiger partial charge on any atom is -0.397 e. The molecular formula is C12H14N4OS. The number of nitrogen functional groups attached to an aromatic ring is 1. The largest absolute Gasteiger partial charge is 0.397 e. The molecule has 2 aromatic rings. The molecule has 0 aliphatic heterocycles. The van der Waals surface area contributed by atoms with Gasteiger partial charge in [-0.25, -0.2) is 9.97 Å². The zero-order chi connectivity index (χ0) is 13.0. The summed E-state index contributed by atoms with van der Waals surface area (Å²) in [5.74, 6) is -0.193. The van der Waals surface area contributed by atoms with Crippen molar-refractivity contribution in [1.82, 2.24) is 15.3 Å². The molecule has 0 atom stereocenters. The van der Waals surface area contributed by atoms with Gasteiger partial charge in [0.25, 0.3) is 5.91 Å². The van der Waals surface area contributed by atoms with Gasteiger partial charge in [0.1, 0.15) is 5.69 Å². The molecule has 0 aliphatic carbocycles. The van der Waals surface area contributed by atoms with Crippen LogP contribution in [0.25, 0.3) is 0 Å². The summed E-state index contributed by atoms with van der Waals surface area (Å²) in [4.78, 5) is 20.0. The van der Waals surface area contributed by atoms with Crippen LogP contribution in [0.15, 0.2) is 23.7 Å². The van der Waals surface area contributed by atoms with E-state index in [1.807, 2.05) is 12.3 Å². The van der Waals surface area contributed by atoms with Crippen LogP contribution in [0.1, 0.15) is 21.2 Å². The molecule has 0 saturated carbocycles. The zero-order valence-corrected chi connectivity index (χ0v) is 10.8. The van der Waals surface area contributed by atoms with E-state index in [9.17, 15) is 4.79 Å². The zero-order valence-electron chi connectivity index (χ0n) is 10.0. The first-order valence-electron chi connectivity index (χ1n) is 5.56. The average Bonchev–Trinajstić information content (AvgIpc) is 2.76. The number of nitrogens with two attached hydrogens (primary N) is 1. The fraction of sp³-hybridized carbons (Fsp3) is 0.250. The molecule has 5 nitrogen and oxygen atoms in total. The Morgan fingerprint density at radius 3 is 2.94 bits per heavy atom. The molecule has 0 bridgehead atoms. The minimum atomic E-state index is -0.193. The van der Waals surface area contributed by atoms with E-state index in [0.717, 1.165) is 17.1 Å². The molecule has 2 rings (SSSR count). The number of amides is 1. The van der Waals surface area contributed by atoms with E-state index in [4.69, 9.17) is 5.73 Å². The Kier molecular flexibility index (Phi) is 3.88. The van der Waals surface area contributed by atoms with Crippen molar-refractivity contribution in [3.8, 4) is 0 Å². The molecule has 0 aliphatic rings. The quantitative estimate of drug-likeness (QED) is 0.872. The topological polar surface area (TPSA) is 80.9 Å². The molecule has 94 valence electrons. The summed E-state index contributed by atoms with van der Waals surface area (Å²) in [6, 6.07) is 3.27. The van der Waals surface area contributed by atoms with E-state index in [2.05, 4.69) is 15.3 Å². The maximum atomic E-state index is 11.7. The number of pyridine rings is 1. The van der Waals surface area contributed by atoms with E-state index in [1.165, 1.54) is 6.20 Å². The molecular weight excluding hydrogens is 248 g/mol. The molecule has 0 fully saturated rings. The average molecular weight is 262 g/mol. The van der Waals surface area contributed by atoms with Crippen molar-refractivity contribution in [3.63, 3.8) is 0 Å². The number of aryl methyl sites for hydroxylation is 1. The standard InChI is InChI=1S/C12H14N4OS/c1-8-16-10(7-18-8)4-5-14-12(17)11-3-2-9(13)6-15-11/h2-3,6-7H,4-5,13H2,1H3,(H,14,17). The lowest BCUT2D eigenvalue weighted by atomic mass is 10.3. The van der Waals surface area contributed by atoms with Gasteiger partial charge in [0.15, 0.2) is 0 Å². The van der Waals surface area contributed by atoms with Crippen LogP contribution in [0.2, 0.25) is 0 Å². The predicted octanol–water partition coefficient (Wildman–Crippen LogP) is 1.40. The first-order chi connectivity index (χ1) is 8.65. The van der Waals surface area contributed by atoms with Crippen LogP contribution in [0.5, 0.6) is 0 Å². The Morgan fingerprint density at radius 2 is 2.33 bits per heavy atom. The van der Waals surface area contributed by atoms with E-state index in [-0.39, 0.29) is 5.91 Å². The highest BCUT2D eigenvalue weighted by Crippen LogP contribution is 2.08. The highest BCUT2D eigenvalue weighted by molar-refractivity contribution is 7.09. The van der Waals surface area contributed by atoms with Crippen LogP contribution in [-0.2, 0) is 6.42 Å². The number of aromatic nitrogens is 2. The van der Waals surface area contributed by atoms with Crippen molar-refractivity contribution >= 4 is 22.9 Å². The lowest BCUT2D eigenvalue weighted by Crippen LogP contribution is -2.26. The number of nitrogens with zero attached hydrogens (tertiary/aromatic N) is 2. The van der Waals surface area contributed by atoms with E-state index < -0.39 is 0 Å². The molecule has 0 spiro atoms. The van der Waals surface area contributed by atoms with Gasteiger partial charge in [-0.2, -0.15) is 0 Å². The summed E-state index contributed by atoms with van der Waals surface area (Å²) in [6.45, 7) is 2.51. The fourth-order valence-electron chi connectivity index (χ4n) is 1.46. The van der Waals surface area contributed by atoms with E-state index in [0.29, 0.717) is 17.9 Å². The summed E-state index contributed by atoms with van der Waals surface area (Å²) in [5.41, 5.74) is 7.43. The summed E-state index contributed by atoms with van der Waals surface area (Å²) < 4.78 is 0. The second-order valence-electron chi connectivity index (χ2n) is 3.84.